The summed E-state index contributed by atoms with van der Waals surface area (Å²) in [5.41, 5.74) is 6.73. The van der Waals surface area contributed by atoms with Crippen molar-refractivity contribution in [1.82, 2.24) is 16.2 Å². The Bertz CT molecular complexity index is 1150. The van der Waals surface area contributed by atoms with Crippen molar-refractivity contribution in [3.63, 3.8) is 0 Å². The van der Waals surface area contributed by atoms with Crippen LogP contribution < -0.4 is 26.2 Å². The van der Waals surface area contributed by atoms with Crippen molar-refractivity contribution >= 4 is 35.1 Å². The Kier molecular flexibility index (Phi) is 8.48. The maximum atomic E-state index is 12.4. The second-order valence-corrected chi connectivity index (χ2v) is 8.12. The second-order valence-electron chi connectivity index (χ2n) is 7.68. The highest BCUT2D eigenvalue weighted by atomic mass is 35.5. The second kappa shape index (κ2) is 11.7. The normalized spacial score (nSPS) is 10.4. The third kappa shape index (κ3) is 7.53. The number of benzene rings is 3. The maximum absolute atomic E-state index is 12.4. The molecule has 4 amide bonds. The van der Waals surface area contributed by atoms with Crippen molar-refractivity contribution in [2.75, 3.05) is 5.32 Å². The first-order valence-corrected chi connectivity index (χ1v) is 10.9. The number of halogens is 1. The van der Waals surface area contributed by atoms with Gasteiger partial charge < -0.3 is 15.4 Å². The van der Waals surface area contributed by atoms with E-state index in [1.165, 1.54) is 6.07 Å². The molecule has 0 spiro atoms. The molecule has 0 saturated heterocycles. The molecule has 0 saturated carbocycles. The molecule has 0 bridgehead atoms. The van der Waals surface area contributed by atoms with Crippen LogP contribution in [0.5, 0.6) is 5.75 Å². The van der Waals surface area contributed by atoms with Gasteiger partial charge in [0.15, 0.2) is 0 Å². The number of anilines is 1. The first kappa shape index (κ1) is 24.6. The van der Waals surface area contributed by atoms with Crippen LogP contribution in [-0.4, -0.2) is 23.9 Å². The Labute approximate surface area is 202 Å². The summed E-state index contributed by atoms with van der Waals surface area (Å²) in [5, 5.41) is 5.99. The van der Waals surface area contributed by atoms with E-state index in [0.717, 1.165) is 5.56 Å². The molecule has 3 rings (SSSR count). The van der Waals surface area contributed by atoms with E-state index >= 15 is 0 Å². The molecule has 0 atom stereocenters. The molecule has 0 aliphatic rings. The third-order valence-electron chi connectivity index (χ3n) is 4.53. The number of carbonyl (C=O) groups is 3. The van der Waals surface area contributed by atoms with Crippen LogP contribution in [0.1, 0.15) is 40.1 Å². The quantitative estimate of drug-likeness (QED) is 0.373. The van der Waals surface area contributed by atoms with Gasteiger partial charge in [0.1, 0.15) is 12.4 Å². The first-order chi connectivity index (χ1) is 16.3. The molecule has 3 aromatic carbocycles. The zero-order valence-electron chi connectivity index (χ0n) is 18.7. The number of urea groups is 1. The lowest BCUT2D eigenvalue weighted by molar-refractivity contribution is 0.0846. The molecule has 0 fully saturated rings. The van der Waals surface area contributed by atoms with E-state index in [4.69, 9.17) is 16.3 Å². The summed E-state index contributed by atoms with van der Waals surface area (Å²) in [7, 11) is 0. The molecule has 8 nitrogen and oxygen atoms in total. The van der Waals surface area contributed by atoms with Crippen molar-refractivity contribution in [2.45, 2.75) is 26.5 Å². The SMILES string of the molecule is CC(C)NC(=O)Nc1cccc(C(=O)NNC(=O)c2ccc(COc3ccc(Cl)cc3)cc2)c1. The first-order valence-electron chi connectivity index (χ1n) is 10.6. The molecule has 9 heteroatoms. The van der Waals surface area contributed by atoms with E-state index in [1.807, 2.05) is 13.8 Å². The monoisotopic (exact) mass is 480 g/mol. The highest BCUT2D eigenvalue weighted by molar-refractivity contribution is 6.30. The molecular formula is C25H25ClN4O4. The topological polar surface area (TPSA) is 109 Å². The van der Waals surface area contributed by atoms with E-state index in [1.54, 1.807) is 66.7 Å². The summed E-state index contributed by atoms with van der Waals surface area (Å²) in [6, 6.07) is 19.8. The fourth-order valence-electron chi connectivity index (χ4n) is 2.88. The third-order valence-corrected chi connectivity index (χ3v) is 4.78. The van der Waals surface area contributed by atoms with Gasteiger partial charge in [-0.15, -0.1) is 0 Å². The number of hydrogen-bond donors (Lipinski definition) is 4. The van der Waals surface area contributed by atoms with Gasteiger partial charge in [-0.3, -0.25) is 20.4 Å². The minimum Gasteiger partial charge on any atom is -0.489 e. The van der Waals surface area contributed by atoms with E-state index in [-0.39, 0.29) is 17.6 Å². The lowest BCUT2D eigenvalue weighted by Crippen LogP contribution is -2.41. The molecule has 0 heterocycles. The largest absolute Gasteiger partial charge is 0.489 e. The Morgan fingerprint density at radius 2 is 1.50 bits per heavy atom. The molecule has 0 aliphatic heterocycles. The van der Waals surface area contributed by atoms with Gasteiger partial charge in [-0.1, -0.05) is 29.8 Å². The smallest absolute Gasteiger partial charge is 0.319 e. The number of hydrazine groups is 1. The van der Waals surface area contributed by atoms with Crippen LogP contribution >= 0.6 is 11.6 Å². The fourth-order valence-corrected chi connectivity index (χ4v) is 3.00. The highest BCUT2D eigenvalue weighted by Gasteiger charge is 2.11. The van der Waals surface area contributed by atoms with Gasteiger partial charge in [0.2, 0.25) is 0 Å². The van der Waals surface area contributed by atoms with Gasteiger partial charge in [-0.05, 0) is 74.0 Å². The van der Waals surface area contributed by atoms with Gasteiger partial charge in [-0.2, -0.15) is 0 Å². The van der Waals surface area contributed by atoms with Gasteiger partial charge in [0.05, 0.1) is 0 Å². The predicted octanol–water partition coefficient (Wildman–Crippen LogP) is 4.52. The summed E-state index contributed by atoms with van der Waals surface area (Å²) in [6.07, 6.45) is 0. The van der Waals surface area contributed by atoms with E-state index in [2.05, 4.69) is 21.5 Å². The van der Waals surface area contributed by atoms with Crippen LogP contribution in [0.2, 0.25) is 5.02 Å². The van der Waals surface area contributed by atoms with E-state index < -0.39 is 11.8 Å². The standard InChI is InChI=1S/C25H25ClN4O4/c1-16(2)27-25(33)28-21-5-3-4-19(14-21)24(32)30-29-23(31)18-8-6-17(7-9-18)15-34-22-12-10-20(26)11-13-22/h3-14,16H,15H2,1-2H3,(H,29,31)(H,30,32)(H2,27,28,33). The van der Waals surface area contributed by atoms with Gasteiger partial charge in [0.25, 0.3) is 11.8 Å². The average molecular weight is 481 g/mol. The lowest BCUT2D eigenvalue weighted by atomic mass is 10.1. The molecule has 0 aromatic heterocycles. The van der Waals surface area contributed by atoms with Gasteiger partial charge in [-0.25, -0.2) is 4.79 Å². The summed E-state index contributed by atoms with van der Waals surface area (Å²) in [4.78, 5) is 36.6. The van der Waals surface area contributed by atoms with Crippen LogP contribution in [0.25, 0.3) is 0 Å². The van der Waals surface area contributed by atoms with Crippen LogP contribution in [-0.2, 0) is 6.61 Å². The molecule has 0 radical (unpaired) electrons. The molecule has 176 valence electrons. The van der Waals surface area contributed by atoms with Crippen molar-refractivity contribution in [2.24, 2.45) is 0 Å². The zero-order valence-corrected chi connectivity index (χ0v) is 19.5. The molecule has 34 heavy (non-hydrogen) atoms. The summed E-state index contributed by atoms with van der Waals surface area (Å²) < 4.78 is 5.68. The number of hydrogen-bond acceptors (Lipinski definition) is 4. The molecule has 0 aliphatic carbocycles. The van der Waals surface area contributed by atoms with Crippen molar-refractivity contribution in [1.29, 1.82) is 0 Å². The minimum atomic E-state index is -0.519. The summed E-state index contributed by atoms with van der Waals surface area (Å²) in [6.45, 7) is 4.02. The lowest BCUT2D eigenvalue weighted by Gasteiger charge is -2.12. The number of carbonyl (C=O) groups excluding carboxylic acids is 3. The van der Waals surface area contributed by atoms with Crippen LogP contribution in [0.15, 0.2) is 72.8 Å². The predicted molar refractivity (Wildman–Crippen MR) is 131 cm³/mol. The highest BCUT2D eigenvalue weighted by Crippen LogP contribution is 2.17. The molecule has 4 N–H and O–H groups in total. The van der Waals surface area contributed by atoms with Gasteiger partial charge in [0, 0.05) is 27.9 Å². The number of nitrogens with one attached hydrogen (secondary N) is 4. The summed E-state index contributed by atoms with van der Waals surface area (Å²) >= 11 is 5.86. The molecule has 0 unspecified atom stereocenters. The Morgan fingerprint density at radius 3 is 2.15 bits per heavy atom. The van der Waals surface area contributed by atoms with Crippen molar-refractivity contribution in [3.8, 4) is 5.75 Å². The fraction of sp³-hybridized carbons (Fsp3) is 0.160. The van der Waals surface area contributed by atoms with E-state index in [0.29, 0.717) is 28.6 Å². The Hall–Kier alpha value is -4.04. The Morgan fingerprint density at radius 1 is 0.853 bits per heavy atom. The maximum Gasteiger partial charge on any atom is 0.319 e. The van der Waals surface area contributed by atoms with Crippen molar-refractivity contribution < 1.29 is 19.1 Å². The zero-order chi connectivity index (χ0) is 24.5. The van der Waals surface area contributed by atoms with Gasteiger partial charge >= 0.3 is 6.03 Å². The summed E-state index contributed by atoms with van der Waals surface area (Å²) in [5.74, 6) is -0.299. The van der Waals surface area contributed by atoms with Crippen molar-refractivity contribution in [3.05, 3.63) is 94.5 Å². The minimum absolute atomic E-state index is 0.0215. The van der Waals surface area contributed by atoms with E-state index in [9.17, 15) is 14.4 Å². The number of amides is 4. The molecule has 3 aromatic rings. The average Bonchev–Trinajstić information content (AvgIpc) is 2.82. The van der Waals surface area contributed by atoms with Crippen LogP contribution in [0, 0.1) is 0 Å². The number of ether oxygens (including phenoxy) is 1. The Balaban J connectivity index is 1.50. The number of rotatable bonds is 7. The molecular weight excluding hydrogens is 456 g/mol. The van der Waals surface area contributed by atoms with Crippen LogP contribution in [0.3, 0.4) is 0 Å². The van der Waals surface area contributed by atoms with Crippen LogP contribution in [0.4, 0.5) is 10.5 Å².